The van der Waals surface area contributed by atoms with E-state index >= 15 is 0 Å². The molecule has 1 amide bonds. The Morgan fingerprint density at radius 1 is 1.14 bits per heavy atom. The van der Waals surface area contributed by atoms with Gasteiger partial charge in [0.2, 0.25) is 5.91 Å². The van der Waals surface area contributed by atoms with Crippen molar-refractivity contribution in [1.29, 1.82) is 0 Å². The van der Waals surface area contributed by atoms with Crippen LogP contribution >= 0.6 is 24.0 Å². The first-order valence-electron chi connectivity index (χ1n) is 9.73. The second-order valence-electron chi connectivity index (χ2n) is 6.50. The molecular weight excluding hydrogens is 471 g/mol. The van der Waals surface area contributed by atoms with E-state index in [9.17, 15) is 4.79 Å². The van der Waals surface area contributed by atoms with E-state index in [4.69, 9.17) is 9.47 Å². The van der Waals surface area contributed by atoms with Crippen molar-refractivity contribution in [3.63, 3.8) is 0 Å². The highest BCUT2D eigenvalue weighted by molar-refractivity contribution is 14.0. The van der Waals surface area contributed by atoms with Gasteiger partial charge < -0.3 is 25.4 Å². The van der Waals surface area contributed by atoms with Crippen LogP contribution in [0.3, 0.4) is 0 Å². The average molecular weight is 504 g/mol. The van der Waals surface area contributed by atoms with E-state index in [1.54, 1.807) is 7.05 Å². The third-order valence-corrected chi connectivity index (χ3v) is 4.31. The number of hydrogen-bond acceptors (Lipinski definition) is 4. The lowest BCUT2D eigenvalue weighted by Crippen LogP contribution is -2.42. The van der Waals surface area contributed by atoms with Crippen LogP contribution in [0.15, 0.2) is 23.2 Å². The molecule has 1 saturated carbocycles. The summed E-state index contributed by atoms with van der Waals surface area (Å²) in [6, 6.07) is 5.99. The molecule has 0 radical (unpaired) electrons. The summed E-state index contributed by atoms with van der Waals surface area (Å²) in [6.45, 7) is 8.37. The zero-order chi connectivity index (χ0) is 19.6. The highest BCUT2D eigenvalue weighted by Gasteiger charge is 2.28. The van der Waals surface area contributed by atoms with E-state index in [1.807, 2.05) is 32.0 Å². The number of nitrogens with zero attached hydrogens (tertiary/aromatic N) is 1. The first-order valence-corrected chi connectivity index (χ1v) is 9.73. The van der Waals surface area contributed by atoms with Crippen LogP contribution in [0, 0.1) is 5.92 Å². The average Bonchev–Trinajstić information content (AvgIpc) is 3.51. The number of aliphatic imine (C=N–C) groups is 1. The van der Waals surface area contributed by atoms with Gasteiger partial charge in [-0.3, -0.25) is 9.79 Å². The highest BCUT2D eigenvalue weighted by atomic mass is 127. The maximum Gasteiger partial charge on any atom is 0.223 e. The van der Waals surface area contributed by atoms with E-state index in [1.165, 1.54) is 0 Å². The van der Waals surface area contributed by atoms with Gasteiger partial charge in [-0.1, -0.05) is 6.07 Å². The van der Waals surface area contributed by atoms with Crippen molar-refractivity contribution in [3.05, 3.63) is 23.8 Å². The largest absolute Gasteiger partial charge is 0.490 e. The zero-order valence-corrected chi connectivity index (χ0v) is 19.5. The molecule has 0 aromatic heterocycles. The third kappa shape index (κ3) is 7.73. The van der Waals surface area contributed by atoms with Crippen LogP contribution < -0.4 is 25.4 Å². The van der Waals surface area contributed by atoms with Gasteiger partial charge in [0, 0.05) is 26.1 Å². The van der Waals surface area contributed by atoms with Gasteiger partial charge in [-0.15, -0.1) is 24.0 Å². The molecule has 1 unspecified atom stereocenters. The van der Waals surface area contributed by atoms with Crippen molar-refractivity contribution in [1.82, 2.24) is 16.0 Å². The maximum absolute atomic E-state index is 11.6. The summed E-state index contributed by atoms with van der Waals surface area (Å²) in [5.74, 6) is 2.59. The molecule has 0 aliphatic heterocycles. The normalized spacial score (nSPS) is 14.5. The second-order valence-corrected chi connectivity index (χ2v) is 6.50. The summed E-state index contributed by atoms with van der Waals surface area (Å²) in [7, 11) is 1.73. The molecule has 0 heterocycles. The minimum Gasteiger partial charge on any atom is -0.490 e. The van der Waals surface area contributed by atoms with Crippen molar-refractivity contribution in [3.8, 4) is 11.5 Å². The SMILES string of the molecule is CCOc1ccc(C(C)NC(=NC)NCCNC(=O)C2CC2)cc1OCC.I. The van der Waals surface area contributed by atoms with Gasteiger partial charge >= 0.3 is 0 Å². The molecular formula is C20H33IN4O3. The van der Waals surface area contributed by atoms with Gasteiger partial charge in [0.15, 0.2) is 17.5 Å². The number of nitrogens with one attached hydrogen (secondary N) is 3. The van der Waals surface area contributed by atoms with Crippen molar-refractivity contribution in [2.45, 2.75) is 39.7 Å². The summed E-state index contributed by atoms with van der Waals surface area (Å²) in [5, 5.41) is 9.52. The second kappa shape index (κ2) is 12.7. The fourth-order valence-corrected chi connectivity index (χ4v) is 2.68. The predicted octanol–water partition coefficient (Wildman–Crippen LogP) is 2.85. The highest BCUT2D eigenvalue weighted by Crippen LogP contribution is 2.30. The van der Waals surface area contributed by atoms with Crippen LogP contribution in [0.2, 0.25) is 0 Å². The Labute approximate surface area is 185 Å². The fourth-order valence-electron chi connectivity index (χ4n) is 2.68. The summed E-state index contributed by atoms with van der Waals surface area (Å²) in [5.41, 5.74) is 1.08. The molecule has 2 rings (SSSR count). The quantitative estimate of drug-likeness (QED) is 0.198. The standard InChI is InChI=1S/C20H32N4O3.HI/c1-5-26-17-10-9-16(13-18(17)27-6-2)14(3)24-20(21-4)23-12-11-22-19(25)15-7-8-15;/h9-10,13-15H,5-8,11-12H2,1-4H3,(H,22,25)(H2,21,23,24);1H. The monoisotopic (exact) mass is 504 g/mol. The van der Waals surface area contributed by atoms with Crippen LogP contribution in [-0.4, -0.2) is 45.2 Å². The molecule has 8 heteroatoms. The Kier molecular flexibility index (Phi) is 11.0. The summed E-state index contributed by atoms with van der Waals surface area (Å²) >= 11 is 0. The van der Waals surface area contributed by atoms with Gasteiger partial charge in [-0.05, 0) is 51.3 Å². The number of hydrogen-bond donors (Lipinski definition) is 3. The number of carbonyl (C=O) groups is 1. The first-order chi connectivity index (χ1) is 13.1. The predicted molar refractivity (Wildman–Crippen MR) is 123 cm³/mol. The molecule has 1 fully saturated rings. The van der Waals surface area contributed by atoms with Gasteiger partial charge in [0.1, 0.15) is 0 Å². The summed E-state index contributed by atoms with van der Waals surface area (Å²) < 4.78 is 11.3. The molecule has 0 spiro atoms. The van der Waals surface area contributed by atoms with Crippen molar-refractivity contribution < 1.29 is 14.3 Å². The molecule has 158 valence electrons. The van der Waals surface area contributed by atoms with Crippen LogP contribution in [0.25, 0.3) is 0 Å². The third-order valence-electron chi connectivity index (χ3n) is 4.31. The van der Waals surface area contributed by atoms with Gasteiger partial charge in [0.05, 0.1) is 19.3 Å². The van der Waals surface area contributed by atoms with E-state index in [2.05, 4.69) is 27.9 Å². The van der Waals surface area contributed by atoms with Gasteiger partial charge in [-0.2, -0.15) is 0 Å². The van der Waals surface area contributed by atoms with Crippen LogP contribution in [0.5, 0.6) is 11.5 Å². The lowest BCUT2D eigenvalue weighted by molar-refractivity contribution is -0.122. The number of amides is 1. The number of carbonyl (C=O) groups excluding carboxylic acids is 1. The number of halogens is 1. The molecule has 28 heavy (non-hydrogen) atoms. The number of rotatable bonds is 10. The Morgan fingerprint density at radius 3 is 2.39 bits per heavy atom. The molecule has 1 aromatic carbocycles. The Hall–Kier alpha value is -1.71. The minimum absolute atomic E-state index is 0. The summed E-state index contributed by atoms with van der Waals surface area (Å²) in [4.78, 5) is 15.9. The topological polar surface area (TPSA) is 84.0 Å². The fraction of sp³-hybridized carbons (Fsp3) is 0.600. The Bertz CT molecular complexity index is 650. The molecule has 7 nitrogen and oxygen atoms in total. The van der Waals surface area contributed by atoms with Crippen LogP contribution in [0.1, 0.15) is 45.2 Å². The molecule has 0 saturated heterocycles. The number of benzene rings is 1. The lowest BCUT2D eigenvalue weighted by Gasteiger charge is -2.20. The number of ether oxygens (including phenoxy) is 2. The summed E-state index contributed by atoms with van der Waals surface area (Å²) in [6.07, 6.45) is 2.04. The van der Waals surface area contributed by atoms with E-state index < -0.39 is 0 Å². The lowest BCUT2D eigenvalue weighted by atomic mass is 10.1. The van der Waals surface area contributed by atoms with Gasteiger partial charge in [0.25, 0.3) is 0 Å². The molecule has 1 atom stereocenters. The molecule has 1 aromatic rings. The van der Waals surface area contributed by atoms with Crippen LogP contribution in [0.4, 0.5) is 0 Å². The Balaban J connectivity index is 0.00000392. The molecule has 0 bridgehead atoms. The van der Waals surface area contributed by atoms with E-state index in [-0.39, 0.29) is 41.8 Å². The molecule has 3 N–H and O–H groups in total. The molecule has 1 aliphatic rings. The Morgan fingerprint density at radius 2 is 1.79 bits per heavy atom. The number of guanidine groups is 1. The van der Waals surface area contributed by atoms with Crippen molar-refractivity contribution in [2.75, 3.05) is 33.4 Å². The smallest absolute Gasteiger partial charge is 0.223 e. The van der Waals surface area contributed by atoms with Crippen molar-refractivity contribution in [2.24, 2.45) is 10.9 Å². The van der Waals surface area contributed by atoms with E-state index in [0.717, 1.165) is 29.9 Å². The van der Waals surface area contributed by atoms with Gasteiger partial charge in [-0.25, -0.2) is 0 Å². The molecule has 1 aliphatic carbocycles. The minimum atomic E-state index is 0. The van der Waals surface area contributed by atoms with Crippen LogP contribution in [-0.2, 0) is 4.79 Å². The van der Waals surface area contributed by atoms with Crippen molar-refractivity contribution >= 4 is 35.8 Å². The zero-order valence-electron chi connectivity index (χ0n) is 17.2. The van der Waals surface area contributed by atoms with E-state index in [0.29, 0.717) is 32.3 Å². The maximum atomic E-state index is 11.6. The first kappa shape index (κ1) is 24.3.